The first-order valence-electron chi connectivity index (χ1n) is 5.61. The average molecular weight is 216 g/mol. The molecular formula is C14H16O2. The molecule has 2 heteroatoms. The van der Waals surface area contributed by atoms with Crippen molar-refractivity contribution in [1.82, 2.24) is 0 Å². The molecule has 0 aliphatic heterocycles. The van der Waals surface area contributed by atoms with E-state index in [1.807, 2.05) is 36.4 Å². The van der Waals surface area contributed by atoms with E-state index in [2.05, 4.69) is 0 Å². The van der Waals surface area contributed by atoms with Gasteiger partial charge in [0.15, 0.2) is 5.78 Å². The molecule has 84 valence electrons. The van der Waals surface area contributed by atoms with Crippen molar-refractivity contribution in [3.63, 3.8) is 0 Å². The highest BCUT2D eigenvalue weighted by atomic mass is 16.5. The van der Waals surface area contributed by atoms with Crippen LogP contribution in [0.1, 0.15) is 24.8 Å². The lowest BCUT2D eigenvalue weighted by molar-refractivity contribution is -0.117. The van der Waals surface area contributed by atoms with E-state index in [9.17, 15) is 4.79 Å². The number of ether oxygens (including phenoxy) is 1. The molecule has 1 saturated carbocycles. The number of Topliss-reactive ketones (excluding diaryl/α,β-unsaturated/α-hetero) is 1. The fraction of sp³-hybridized carbons (Fsp3) is 0.357. The molecule has 1 atom stereocenters. The predicted octanol–water partition coefficient (Wildman–Crippen LogP) is 2.84. The van der Waals surface area contributed by atoms with Gasteiger partial charge in [-0.25, -0.2) is 0 Å². The van der Waals surface area contributed by atoms with E-state index in [1.54, 1.807) is 7.11 Å². The van der Waals surface area contributed by atoms with Crippen molar-refractivity contribution in [3.05, 3.63) is 41.5 Å². The van der Waals surface area contributed by atoms with Gasteiger partial charge < -0.3 is 4.74 Å². The fourth-order valence-electron chi connectivity index (χ4n) is 2.00. The van der Waals surface area contributed by atoms with Crippen molar-refractivity contribution in [2.24, 2.45) is 0 Å². The summed E-state index contributed by atoms with van der Waals surface area (Å²) in [5.41, 5.74) is 1.98. The molecule has 0 bridgehead atoms. The molecule has 2 rings (SSSR count). The Morgan fingerprint density at radius 2 is 2.06 bits per heavy atom. The molecule has 0 N–H and O–H groups in total. The van der Waals surface area contributed by atoms with Crippen LogP contribution in [-0.4, -0.2) is 19.0 Å². The molecule has 16 heavy (non-hydrogen) atoms. The van der Waals surface area contributed by atoms with Gasteiger partial charge in [0.05, 0.1) is 6.10 Å². The van der Waals surface area contributed by atoms with Crippen LogP contribution in [0.15, 0.2) is 35.9 Å². The molecule has 1 aromatic carbocycles. The molecule has 1 aromatic rings. The van der Waals surface area contributed by atoms with Gasteiger partial charge in [0.25, 0.3) is 0 Å². The Morgan fingerprint density at radius 3 is 2.75 bits per heavy atom. The lowest BCUT2D eigenvalue weighted by Gasteiger charge is -2.21. The van der Waals surface area contributed by atoms with Gasteiger partial charge in [0.1, 0.15) is 0 Å². The topological polar surface area (TPSA) is 26.3 Å². The first kappa shape index (κ1) is 11.1. The van der Waals surface area contributed by atoms with Crippen molar-refractivity contribution < 1.29 is 9.53 Å². The van der Waals surface area contributed by atoms with E-state index in [4.69, 9.17) is 4.74 Å². The average Bonchev–Trinajstić information content (AvgIpc) is 2.33. The minimum Gasteiger partial charge on any atom is -0.381 e. The standard InChI is InChI=1S/C14H16O2/c1-16-13-7-8-14(15)12(10-13)9-11-5-3-2-4-6-11/h2-6,9,13H,7-8,10H2,1H3/b12-9-. The van der Waals surface area contributed by atoms with Gasteiger partial charge in [0, 0.05) is 20.0 Å². The number of methoxy groups -OCH3 is 1. The first-order valence-corrected chi connectivity index (χ1v) is 5.61. The van der Waals surface area contributed by atoms with E-state index < -0.39 is 0 Å². The van der Waals surface area contributed by atoms with Crippen LogP contribution < -0.4 is 0 Å². The quantitative estimate of drug-likeness (QED) is 0.710. The van der Waals surface area contributed by atoms with Gasteiger partial charge in [-0.15, -0.1) is 0 Å². The number of rotatable bonds is 2. The summed E-state index contributed by atoms with van der Waals surface area (Å²) in [6, 6.07) is 9.96. The number of hydrogen-bond donors (Lipinski definition) is 0. The minimum atomic E-state index is 0.202. The Labute approximate surface area is 95.9 Å². The number of benzene rings is 1. The maximum atomic E-state index is 11.7. The largest absolute Gasteiger partial charge is 0.381 e. The Hall–Kier alpha value is -1.41. The van der Waals surface area contributed by atoms with Gasteiger partial charge in [-0.05, 0) is 23.6 Å². The molecule has 0 saturated heterocycles. The van der Waals surface area contributed by atoms with Crippen LogP contribution in [0, 0.1) is 0 Å². The number of carbonyl (C=O) groups is 1. The van der Waals surface area contributed by atoms with Crippen molar-refractivity contribution in [1.29, 1.82) is 0 Å². The second-order valence-corrected chi connectivity index (χ2v) is 4.10. The molecule has 1 aliphatic rings. The van der Waals surface area contributed by atoms with E-state index in [1.165, 1.54) is 0 Å². The maximum Gasteiger partial charge on any atom is 0.159 e. The number of hydrogen-bond acceptors (Lipinski definition) is 2. The Balaban J connectivity index is 2.18. The number of carbonyl (C=O) groups excluding carboxylic acids is 1. The lowest BCUT2D eigenvalue weighted by Crippen LogP contribution is -2.22. The molecule has 1 unspecified atom stereocenters. The molecule has 0 amide bonds. The van der Waals surface area contributed by atoms with E-state index in [-0.39, 0.29) is 11.9 Å². The van der Waals surface area contributed by atoms with Crippen LogP contribution in [0.2, 0.25) is 0 Å². The summed E-state index contributed by atoms with van der Waals surface area (Å²) in [6.45, 7) is 0. The van der Waals surface area contributed by atoms with Crippen LogP contribution in [0.4, 0.5) is 0 Å². The van der Waals surface area contributed by atoms with Crippen LogP contribution in [0.5, 0.6) is 0 Å². The van der Waals surface area contributed by atoms with Crippen LogP contribution in [0.25, 0.3) is 6.08 Å². The van der Waals surface area contributed by atoms with Gasteiger partial charge >= 0.3 is 0 Å². The monoisotopic (exact) mass is 216 g/mol. The highest BCUT2D eigenvalue weighted by molar-refractivity contribution is 6.00. The maximum absolute atomic E-state index is 11.7. The van der Waals surface area contributed by atoms with Crippen molar-refractivity contribution in [2.45, 2.75) is 25.4 Å². The normalized spacial score (nSPS) is 23.7. The summed E-state index contributed by atoms with van der Waals surface area (Å²) < 4.78 is 5.31. The van der Waals surface area contributed by atoms with E-state index in [0.29, 0.717) is 6.42 Å². The SMILES string of the molecule is COC1CCC(=O)/C(=C\c2ccccc2)C1. The van der Waals surface area contributed by atoms with Crippen LogP contribution in [-0.2, 0) is 9.53 Å². The van der Waals surface area contributed by atoms with E-state index >= 15 is 0 Å². The van der Waals surface area contributed by atoms with Gasteiger partial charge in [-0.1, -0.05) is 30.3 Å². The molecule has 1 fully saturated rings. The summed E-state index contributed by atoms with van der Waals surface area (Å²) >= 11 is 0. The molecule has 0 aromatic heterocycles. The van der Waals surface area contributed by atoms with Crippen molar-refractivity contribution >= 4 is 11.9 Å². The van der Waals surface area contributed by atoms with E-state index in [0.717, 1.165) is 24.0 Å². The third kappa shape index (κ3) is 2.58. The summed E-state index contributed by atoms with van der Waals surface area (Å²) in [7, 11) is 1.71. The minimum absolute atomic E-state index is 0.202. The Kier molecular flexibility index (Phi) is 3.52. The number of ketones is 1. The summed E-state index contributed by atoms with van der Waals surface area (Å²) in [5, 5.41) is 0. The summed E-state index contributed by atoms with van der Waals surface area (Å²) in [6.07, 6.45) is 4.38. The zero-order chi connectivity index (χ0) is 11.4. The molecule has 1 aliphatic carbocycles. The lowest BCUT2D eigenvalue weighted by atomic mass is 9.90. The zero-order valence-corrected chi connectivity index (χ0v) is 9.48. The van der Waals surface area contributed by atoms with Gasteiger partial charge in [0.2, 0.25) is 0 Å². The summed E-state index contributed by atoms with van der Waals surface area (Å²) in [5.74, 6) is 0.261. The van der Waals surface area contributed by atoms with Crippen molar-refractivity contribution in [2.75, 3.05) is 7.11 Å². The molecule has 2 nitrogen and oxygen atoms in total. The molecule has 0 spiro atoms. The second-order valence-electron chi connectivity index (χ2n) is 4.10. The highest BCUT2D eigenvalue weighted by Gasteiger charge is 2.22. The Bertz CT molecular complexity index is 392. The Morgan fingerprint density at radius 1 is 1.31 bits per heavy atom. The highest BCUT2D eigenvalue weighted by Crippen LogP contribution is 2.24. The van der Waals surface area contributed by atoms with Crippen LogP contribution in [0.3, 0.4) is 0 Å². The third-order valence-corrected chi connectivity index (χ3v) is 2.97. The smallest absolute Gasteiger partial charge is 0.159 e. The molecular weight excluding hydrogens is 200 g/mol. The zero-order valence-electron chi connectivity index (χ0n) is 9.48. The first-order chi connectivity index (χ1) is 7.79. The van der Waals surface area contributed by atoms with Gasteiger partial charge in [-0.3, -0.25) is 4.79 Å². The van der Waals surface area contributed by atoms with Gasteiger partial charge in [-0.2, -0.15) is 0 Å². The predicted molar refractivity (Wildman–Crippen MR) is 64.1 cm³/mol. The second kappa shape index (κ2) is 5.08. The van der Waals surface area contributed by atoms with Crippen molar-refractivity contribution in [3.8, 4) is 0 Å². The van der Waals surface area contributed by atoms with Crippen LogP contribution >= 0.6 is 0 Å². The molecule has 0 heterocycles. The third-order valence-electron chi connectivity index (χ3n) is 2.97. The fourth-order valence-corrected chi connectivity index (χ4v) is 2.00. The summed E-state index contributed by atoms with van der Waals surface area (Å²) in [4.78, 5) is 11.7. The molecule has 0 radical (unpaired) electrons.